The number of nitrogens with zero attached hydrogens (tertiary/aromatic N) is 3. The molecule has 0 bridgehead atoms. The monoisotopic (exact) mass is 432 g/mol. The molecule has 0 aliphatic rings. The molecule has 0 radical (unpaired) electrons. The van der Waals surface area contributed by atoms with Gasteiger partial charge in [0.2, 0.25) is 0 Å². The fourth-order valence-corrected chi connectivity index (χ4v) is 3.51. The van der Waals surface area contributed by atoms with E-state index in [9.17, 15) is 4.79 Å². The average Bonchev–Trinajstić information content (AvgIpc) is 2.81. The first-order valence-electron chi connectivity index (χ1n) is 9.93. The van der Waals surface area contributed by atoms with Crippen LogP contribution >= 0.6 is 11.6 Å². The highest BCUT2D eigenvalue weighted by Gasteiger charge is 2.13. The van der Waals surface area contributed by atoms with E-state index >= 15 is 0 Å². The predicted octanol–water partition coefficient (Wildman–Crippen LogP) is 4.72. The maximum absolute atomic E-state index is 12.6. The minimum Gasteiger partial charge on any atom is -0.497 e. The van der Waals surface area contributed by atoms with Gasteiger partial charge in [-0.3, -0.25) is 9.78 Å². The van der Waals surface area contributed by atoms with Gasteiger partial charge in [0.15, 0.2) is 5.15 Å². The smallest absolute Gasteiger partial charge is 0.251 e. The summed E-state index contributed by atoms with van der Waals surface area (Å²) < 4.78 is 5.28. The van der Waals surface area contributed by atoms with Crippen LogP contribution < -0.4 is 10.1 Å². The first-order valence-corrected chi connectivity index (χ1v) is 10.3. The zero-order valence-electron chi connectivity index (χ0n) is 17.0. The lowest BCUT2D eigenvalue weighted by atomic mass is 10.1. The summed E-state index contributed by atoms with van der Waals surface area (Å²) in [6, 6.07) is 16.6. The number of rotatable bonds is 7. The van der Waals surface area contributed by atoms with Gasteiger partial charge in [-0.25, -0.2) is 9.97 Å². The molecule has 0 spiro atoms. The number of ether oxygens (including phenoxy) is 1. The molecule has 2 aromatic heterocycles. The Kier molecular flexibility index (Phi) is 6.38. The maximum atomic E-state index is 12.6. The Morgan fingerprint density at radius 1 is 1.06 bits per heavy atom. The van der Waals surface area contributed by atoms with Crippen LogP contribution in [0.2, 0.25) is 5.15 Å². The molecule has 2 aromatic carbocycles. The number of carbonyl (C=O) groups is 1. The van der Waals surface area contributed by atoms with Crippen LogP contribution in [0.4, 0.5) is 0 Å². The maximum Gasteiger partial charge on any atom is 0.251 e. The van der Waals surface area contributed by atoms with Crippen molar-refractivity contribution in [1.82, 2.24) is 20.3 Å². The van der Waals surface area contributed by atoms with E-state index in [1.807, 2.05) is 42.6 Å². The number of aromatic nitrogens is 3. The molecule has 0 saturated heterocycles. The number of aryl methyl sites for hydroxylation is 1. The molecule has 0 saturated carbocycles. The number of methoxy groups -OCH3 is 1. The normalized spacial score (nSPS) is 10.8. The predicted molar refractivity (Wildman–Crippen MR) is 121 cm³/mol. The van der Waals surface area contributed by atoms with Gasteiger partial charge in [-0.2, -0.15) is 0 Å². The van der Waals surface area contributed by atoms with E-state index in [4.69, 9.17) is 16.3 Å². The third-order valence-corrected chi connectivity index (χ3v) is 5.14. The molecule has 4 aromatic rings. The largest absolute Gasteiger partial charge is 0.497 e. The Morgan fingerprint density at radius 2 is 1.97 bits per heavy atom. The van der Waals surface area contributed by atoms with Gasteiger partial charge in [-0.15, -0.1) is 0 Å². The molecule has 31 heavy (non-hydrogen) atoms. The van der Waals surface area contributed by atoms with Crippen molar-refractivity contribution < 1.29 is 9.53 Å². The molecule has 1 amide bonds. The highest BCUT2D eigenvalue weighted by molar-refractivity contribution is 6.32. The second kappa shape index (κ2) is 9.53. The second-order valence-electron chi connectivity index (χ2n) is 7.02. The number of fused-ring (bicyclic) bond motifs is 1. The molecule has 0 aliphatic heterocycles. The van der Waals surface area contributed by atoms with E-state index in [1.54, 1.807) is 31.5 Å². The summed E-state index contributed by atoms with van der Waals surface area (Å²) in [5, 5.41) is 3.26. The van der Waals surface area contributed by atoms with E-state index in [1.165, 1.54) is 0 Å². The summed E-state index contributed by atoms with van der Waals surface area (Å²) in [5.74, 6) is 0.558. The average molecular weight is 433 g/mol. The number of pyridine rings is 1. The summed E-state index contributed by atoms with van der Waals surface area (Å²) >= 11 is 6.37. The zero-order chi connectivity index (χ0) is 21.6. The van der Waals surface area contributed by atoms with Crippen molar-refractivity contribution in [2.24, 2.45) is 0 Å². The van der Waals surface area contributed by atoms with Gasteiger partial charge in [0.25, 0.3) is 5.91 Å². The lowest BCUT2D eigenvalue weighted by Crippen LogP contribution is -2.24. The summed E-state index contributed by atoms with van der Waals surface area (Å²) in [5.41, 5.74) is 4.25. The molecular formula is C24H21ClN4O2. The zero-order valence-corrected chi connectivity index (χ0v) is 17.8. The quantitative estimate of drug-likeness (QED) is 0.428. The summed E-state index contributed by atoms with van der Waals surface area (Å²) in [6.07, 6.45) is 5.29. The van der Waals surface area contributed by atoms with E-state index in [0.717, 1.165) is 24.0 Å². The molecule has 0 aliphatic carbocycles. The van der Waals surface area contributed by atoms with Crippen LogP contribution in [0.15, 0.2) is 67.0 Å². The van der Waals surface area contributed by atoms with Crippen molar-refractivity contribution in [2.45, 2.75) is 12.8 Å². The van der Waals surface area contributed by atoms with Crippen molar-refractivity contribution in [1.29, 1.82) is 0 Å². The highest BCUT2D eigenvalue weighted by atomic mass is 35.5. The van der Waals surface area contributed by atoms with Gasteiger partial charge >= 0.3 is 0 Å². The van der Waals surface area contributed by atoms with Crippen LogP contribution in [0.1, 0.15) is 22.3 Å². The fourth-order valence-electron chi connectivity index (χ4n) is 3.27. The van der Waals surface area contributed by atoms with E-state index in [-0.39, 0.29) is 5.91 Å². The lowest BCUT2D eigenvalue weighted by molar-refractivity contribution is 0.0953. The van der Waals surface area contributed by atoms with Gasteiger partial charge in [-0.05, 0) is 54.8 Å². The number of carbonyl (C=O) groups excluding carboxylic acids is 1. The lowest BCUT2D eigenvalue weighted by Gasteiger charge is -2.09. The molecular weight excluding hydrogens is 412 g/mol. The van der Waals surface area contributed by atoms with Crippen molar-refractivity contribution >= 4 is 28.5 Å². The number of halogens is 1. The topological polar surface area (TPSA) is 77.0 Å². The molecule has 1 N–H and O–H groups in total. The minimum absolute atomic E-state index is 0.146. The van der Waals surface area contributed by atoms with Crippen molar-refractivity contribution in [2.75, 3.05) is 13.7 Å². The van der Waals surface area contributed by atoms with Crippen LogP contribution in [-0.2, 0) is 6.42 Å². The van der Waals surface area contributed by atoms with Crippen LogP contribution in [0.5, 0.6) is 5.75 Å². The van der Waals surface area contributed by atoms with E-state index < -0.39 is 0 Å². The Hall–Kier alpha value is -3.51. The second-order valence-corrected chi connectivity index (χ2v) is 7.38. The molecule has 6 nitrogen and oxygen atoms in total. The standard InChI is InChI=1S/C24H21ClN4O2/c1-31-19-8-2-7-17(13-19)22-23(25)29-20-10-9-18(14-21(20)28-22)24(30)27-12-4-6-16-5-3-11-26-15-16/h2-3,5,7-11,13-15H,4,6,12H2,1H3,(H,27,30). The van der Waals surface area contributed by atoms with E-state index in [0.29, 0.717) is 39.7 Å². The Labute approximate surface area is 185 Å². The first-order chi connectivity index (χ1) is 15.1. The van der Waals surface area contributed by atoms with Gasteiger partial charge in [0.1, 0.15) is 11.4 Å². The molecule has 0 fully saturated rings. The fraction of sp³-hybridized carbons (Fsp3) is 0.167. The van der Waals surface area contributed by atoms with Crippen LogP contribution in [-0.4, -0.2) is 34.5 Å². The molecule has 7 heteroatoms. The van der Waals surface area contributed by atoms with Crippen molar-refractivity contribution in [3.05, 3.63) is 83.3 Å². The number of hydrogen-bond acceptors (Lipinski definition) is 5. The summed E-state index contributed by atoms with van der Waals surface area (Å²) in [4.78, 5) is 25.8. The van der Waals surface area contributed by atoms with Gasteiger partial charge in [0.05, 0.1) is 18.1 Å². The molecule has 0 atom stereocenters. The number of amides is 1. The van der Waals surface area contributed by atoms with Crippen LogP contribution in [0, 0.1) is 0 Å². The molecule has 0 unspecified atom stereocenters. The first kappa shape index (κ1) is 20.8. The van der Waals surface area contributed by atoms with Crippen LogP contribution in [0.25, 0.3) is 22.3 Å². The number of nitrogens with one attached hydrogen (secondary N) is 1. The minimum atomic E-state index is -0.146. The third-order valence-electron chi connectivity index (χ3n) is 4.88. The van der Waals surface area contributed by atoms with Crippen molar-refractivity contribution in [3.63, 3.8) is 0 Å². The Balaban J connectivity index is 1.50. The van der Waals surface area contributed by atoms with E-state index in [2.05, 4.69) is 20.3 Å². The molecule has 2 heterocycles. The third kappa shape index (κ3) is 4.98. The number of benzene rings is 2. The van der Waals surface area contributed by atoms with Gasteiger partial charge in [-0.1, -0.05) is 29.8 Å². The SMILES string of the molecule is COc1cccc(-c2nc3cc(C(=O)NCCCc4cccnc4)ccc3nc2Cl)c1. The van der Waals surface area contributed by atoms with Crippen molar-refractivity contribution in [3.8, 4) is 17.0 Å². The molecule has 156 valence electrons. The van der Waals surface area contributed by atoms with Crippen LogP contribution in [0.3, 0.4) is 0 Å². The summed E-state index contributed by atoms with van der Waals surface area (Å²) in [7, 11) is 1.61. The van der Waals surface area contributed by atoms with Gasteiger partial charge in [0, 0.05) is 30.1 Å². The Morgan fingerprint density at radius 3 is 2.77 bits per heavy atom. The Bertz CT molecular complexity index is 1210. The molecule has 4 rings (SSSR count). The number of hydrogen-bond donors (Lipinski definition) is 1. The summed E-state index contributed by atoms with van der Waals surface area (Å²) in [6.45, 7) is 0.577. The van der Waals surface area contributed by atoms with Gasteiger partial charge < -0.3 is 10.1 Å². The highest BCUT2D eigenvalue weighted by Crippen LogP contribution is 2.29.